The molecule has 0 aromatic carbocycles. The minimum atomic E-state index is -0.288. The van der Waals surface area contributed by atoms with Crippen molar-refractivity contribution >= 4 is 28.3 Å². The SMILES string of the molecule is CCOC(=O)Cc1cnc(NC(=O)CNC)s1. The van der Waals surface area contributed by atoms with Gasteiger partial charge in [-0.2, -0.15) is 0 Å². The summed E-state index contributed by atoms with van der Waals surface area (Å²) in [6.07, 6.45) is 1.75. The Balaban J connectivity index is 2.47. The molecule has 94 valence electrons. The molecular formula is C10H15N3O3S. The maximum atomic E-state index is 11.2. The van der Waals surface area contributed by atoms with E-state index in [0.29, 0.717) is 11.7 Å². The highest BCUT2D eigenvalue weighted by Gasteiger charge is 2.09. The average molecular weight is 257 g/mol. The van der Waals surface area contributed by atoms with Gasteiger partial charge in [0.15, 0.2) is 5.13 Å². The van der Waals surface area contributed by atoms with Crippen LogP contribution in [0.15, 0.2) is 6.20 Å². The number of carbonyl (C=O) groups is 2. The van der Waals surface area contributed by atoms with Gasteiger partial charge in [0.2, 0.25) is 5.91 Å². The second kappa shape index (κ2) is 6.97. The summed E-state index contributed by atoms with van der Waals surface area (Å²) in [6.45, 7) is 2.35. The Morgan fingerprint density at radius 1 is 1.53 bits per heavy atom. The van der Waals surface area contributed by atoms with Crippen molar-refractivity contribution in [2.75, 3.05) is 25.5 Å². The van der Waals surface area contributed by atoms with Crippen molar-refractivity contribution in [1.29, 1.82) is 0 Å². The molecule has 0 fully saturated rings. The summed E-state index contributed by atoms with van der Waals surface area (Å²) in [7, 11) is 1.69. The smallest absolute Gasteiger partial charge is 0.311 e. The lowest BCUT2D eigenvalue weighted by atomic mass is 10.4. The molecule has 6 nitrogen and oxygen atoms in total. The largest absolute Gasteiger partial charge is 0.466 e. The highest BCUT2D eigenvalue weighted by Crippen LogP contribution is 2.18. The Labute approximate surface area is 103 Å². The van der Waals surface area contributed by atoms with Gasteiger partial charge in [0.25, 0.3) is 0 Å². The Hall–Kier alpha value is -1.47. The fraction of sp³-hybridized carbons (Fsp3) is 0.500. The van der Waals surface area contributed by atoms with E-state index < -0.39 is 0 Å². The number of likely N-dealkylation sites (N-methyl/N-ethyl adjacent to an activating group) is 1. The average Bonchev–Trinajstić information content (AvgIpc) is 2.66. The third-order valence-electron chi connectivity index (χ3n) is 1.76. The molecule has 0 spiro atoms. The number of amides is 1. The van der Waals surface area contributed by atoms with Crippen molar-refractivity contribution in [2.24, 2.45) is 0 Å². The van der Waals surface area contributed by atoms with Crippen LogP contribution in [0, 0.1) is 0 Å². The lowest BCUT2D eigenvalue weighted by molar-refractivity contribution is -0.142. The number of anilines is 1. The maximum Gasteiger partial charge on any atom is 0.311 e. The molecule has 0 unspecified atom stereocenters. The van der Waals surface area contributed by atoms with E-state index in [4.69, 9.17) is 4.74 Å². The Morgan fingerprint density at radius 3 is 2.94 bits per heavy atom. The van der Waals surface area contributed by atoms with Gasteiger partial charge in [-0.05, 0) is 14.0 Å². The molecule has 1 amide bonds. The molecule has 1 heterocycles. The van der Waals surface area contributed by atoms with Gasteiger partial charge in [0.05, 0.1) is 19.6 Å². The molecule has 2 N–H and O–H groups in total. The molecule has 0 aliphatic heterocycles. The van der Waals surface area contributed by atoms with E-state index in [2.05, 4.69) is 15.6 Å². The predicted octanol–water partition coefficient (Wildman–Crippen LogP) is 0.407. The third kappa shape index (κ3) is 4.92. The second-order valence-corrected chi connectivity index (χ2v) is 4.31. The lowest BCUT2D eigenvalue weighted by Gasteiger charge is -1.99. The van der Waals surface area contributed by atoms with Crippen LogP contribution in [0.5, 0.6) is 0 Å². The first-order valence-electron chi connectivity index (χ1n) is 5.20. The van der Waals surface area contributed by atoms with Crippen LogP contribution in [0.3, 0.4) is 0 Å². The minimum Gasteiger partial charge on any atom is -0.466 e. The van der Waals surface area contributed by atoms with Crippen LogP contribution in [-0.4, -0.2) is 37.1 Å². The van der Waals surface area contributed by atoms with E-state index in [-0.39, 0.29) is 24.8 Å². The van der Waals surface area contributed by atoms with Crippen LogP contribution in [0.25, 0.3) is 0 Å². The van der Waals surface area contributed by atoms with Gasteiger partial charge in [0, 0.05) is 11.1 Å². The number of thiazole rings is 1. The zero-order valence-electron chi connectivity index (χ0n) is 9.78. The standard InChI is InChI=1S/C10H15N3O3S/c1-3-16-9(15)4-7-5-12-10(17-7)13-8(14)6-11-2/h5,11H,3-4,6H2,1-2H3,(H,12,13,14). The van der Waals surface area contributed by atoms with E-state index in [1.54, 1.807) is 20.2 Å². The van der Waals surface area contributed by atoms with Crippen LogP contribution in [0.4, 0.5) is 5.13 Å². The first kappa shape index (κ1) is 13.6. The van der Waals surface area contributed by atoms with Crippen molar-refractivity contribution in [3.63, 3.8) is 0 Å². The maximum absolute atomic E-state index is 11.2. The van der Waals surface area contributed by atoms with Crippen molar-refractivity contribution in [3.8, 4) is 0 Å². The van der Waals surface area contributed by atoms with Crippen molar-refractivity contribution in [1.82, 2.24) is 10.3 Å². The van der Waals surface area contributed by atoms with E-state index in [0.717, 1.165) is 4.88 Å². The topological polar surface area (TPSA) is 80.3 Å². The molecule has 0 bridgehead atoms. The molecule has 7 heteroatoms. The molecule has 0 saturated heterocycles. The Kier molecular flexibility index (Phi) is 5.58. The second-order valence-electron chi connectivity index (χ2n) is 3.19. The zero-order chi connectivity index (χ0) is 12.7. The summed E-state index contributed by atoms with van der Waals surface area (Å²) in [4.78, 5) is 27.2. The normalized spacial score (nSPS) is 10.0. The fourth-order valence-electron chi connectivity index (χ4n) is 1.13. The number of hydrogen-bond donors (Lipinski definition) is 2. The van der Waals surface area contributed by atoms with Crippen LogP contribution in [-0.2, 0) is 20.7 Å². The van der Waals surface area contributed by atoms with E-state index in [9.17, 15) is 9.59 Å². The number of esters is 1. The van der Waals surface area contributed by atoms with E-state index in [1.165, 1.54) is 11.3 Å². The van der Waals surface area contributed by atoms with E-state index in [1.807, 2.05) is 0 Å². The van der Waals surface area contributed by atoms with Crippen molar-refractivity contribution in [2.45, 2.75) is 13.3 Å². The molecule has 1 rings (SSSR count). The van der Waals surface area contributed by atoms with Gasteiger partial charge in [-0.15, -0.1) is 11.3 Å². The highest BCUT2D eigenvalue weighted by atomic mass is 32.1. The summed E-state index contributed by atoms with van der Waals surface area (Å²) in [5.41, 5.74) is 0. The summed E-state index contributed by atoms with van der Waals surface area (Å²) in [5.74, 6) is -0.450. The van der Waals surface area contributed by atoms with Crippen LogP contribution < -0.4 is 10.6 Å². The monoisotopic (exact) mass is 257 g/mol. The van der Waals surface area contributed by atoms with E-state index >= 15 is 0 Å². The molecule has 0 atom stereocenters. The fourth-order valence-corrected chi connectivity index (χ4v) is 1.94. The number of aromatic nitrogens is 1. The molecule has 1 aromatic heterocycles. The lowest BCUT2D eigenvalue weighted by Crippen LogP contribution is -2.24. The molecular weight excluding hydrogens is 242 g/mol. The van der Waals surface area contributed by atoms with Crippen LogP contribution in [0.1, 0.15) is 11.8 Å². The molecule has 17 heavy (non-hydrogen) atoms. The van der Waals surface area contributed by atoms with Crippen LogP contribution in [0.2, 0.25) is 0 Å². The predicted molar refractivity (Wildman–Crippen MR) is 65.0 cm³/mol. The summed E-state index contributed by atoms with van der Waals surface area (Å²) < 4.78 is 4.82. The van der Waals surface area contributed by atoms with Crippen molar-refractivity contribution < 1.29 is 14.3 Å². The number of nitrogens with one attached hydrogen (secondary N) is 2. The molecule has 0 aliphatic rings. The minimum absolute atomic E-state index is 0.162. The number of carbonyl (C=O) groups excluding carboxylic acids is 2. The Bertz CT molecular complexity index is 357. The number of rotatable bonds is 6. The van der Waals surface area contributed by atoms with Gasteiger partial charge in [0.1, 0.15) is 0 Å². The van der Waals surface area contributed by atoms with Gasteiger partial charge < -0.3 is 15.4 Å². The van der Waals surface area contributed by atoms with Crippen molar-refractivity contribution in [3.05, 3.63) is 11.1 Å². The van der Waals surface area contributed by atoms with Gasteiger partial charge >= 0.3 is 5.97 Å². The van der Waals surface area contributed by atoms with Gasteiger partial charge in [-0.25, -0.2) is 4.98 Å². The van der Waals surface area contributed by atoms with Crippen LogP contribution >= 0.6 is 11.3 Å². The number of ether oxygens (including phenoxy) is 1. The molecule has 0 saturated carbocycles. The first-order chi connectivity index (χ1) is 8.15. The third-order valence-corrected chi connectivity index (χ3v) is 2.67. The number of nitrogens with zero attached hydrogens (tertiary/aromatic N) is 1. The quantitative estimate of drug-likeness (QED) is 0.721. The van der Waals surface area contributed by atoms with Gasteiger partial charge in [-0.3, -0.25) is 9.59 Å². The zero-order valence-corrected chi connectivity index (χ0v) is 10.6. The van der Waals surface area contributed by atoms with Gasteiger partial charge in [-0.1, -0.05) is 0 Å². The molecule has 1 aromatic rings. The Morgan fingerprint density at radius 2 is 2.29 bits per heavy atom. The summed E-state index contributed by atoms with van der Waals surface area (Å²) in [5, 5.41) is 5.85. The first-order valence-corrected chi connectivity index (χ1v) is 6.02. The number of hydrogen-bond acceptors (Lipinski definition) is 6. The summed E-state index contributed by atoms with van der Waals surface area (Å²) >= 11 is 1.27. The molecule has 0 aliphatic carbocycles. The summed E-state index contributed by atoms with van der Waals surface area (Å²) in [6, 6.07) is 0. The molecule has 0 radical (unpaired) electrons. The highest BCUT2D eigenvalue weighted by molar-refractivity contribution is 7.15.